The van der Waals surface area contributed by atoms with Crippen LogP contribution in [0.4, 0.5) is 0 Å². The van der Waals surface area contributed by atoms with Crippen LogP contribution in [0.25, 0.3) is 16.9 Å². The minimum absolute atomic E-state index is 0.208. The lowest BCUT2D eigenvalue weighted by Crippen LogP contribution is -2.26. The second-order valence-corrected chi connectivity index (χ2v) is 6.90. The average molecular weight is 363 g/mol. The summed E-state index contributed by atoms with van der Waals surface area (Å²) in [6, 6.07) is 11.8. The fraction of sp³-hybridized carbons (Fsp3) is 0.333. The highest BCUT2D eigenvalue weighted by Crippen LogP contribution is 2.25. The highest BCUT2D eigenvalue weighted by molar-refractivity contribution is 5.98. The summed E-state index contributed by atoms with van der Waals surface area (Å²) >= 11 is 0. The first-order valence-electron chi connectivity index (χ1n) is 9.33. The van der Waals surface area contributed by atoms with E-state index < -0.39 is 0 Å². The summed E-state index contributed by atoms with van der Waals surface area (Å²) in [6.45, 7) is 6.99. The second kappa shape index (κ2) is 8.58. The van der Waals surface area contributed by atoms with Gasteiger partial charge in [0, 0.05) is 24.5 Å². The Hall–Kier alpha value is -3.02. The van der Waals surface area contributed by atoms with Crippen molar-refractivity contribution in [3.63, 3.8) is 0 Å². The minimum atomic E-state index is -0.208. The zero-order valence-electron chi connectivity index (χ0n) is 16.0. The van der Waals surface area contributed by atoms with E-state index in [9.17, 15) is 4.79 Å². The lowest BCUT2D eigenvalue weighted by Gasteiger charge is -2.10. The molecule has 6 heteroatoms. The van der Waals surface area contributed by atoms with E-state index in [1.54, 1.807) is 17.1 Å². The van der Waals surface area contributed by atoms with E-state index in [0.717, 1.165) is 24.1 Å². The van der Waals surface area contributed by atoms with Gasteiger partial charge in [0.05, 0.1) is 5.69 Å². The van der Waals surface area contributed by atoms with Crippen LogP contribution in [0.3, 0.4) is 0 Å². The molecule has 3 aromatic rings. The molecule has 6 nitrogen and oxygen atoms in total. The van der Waals surface area contributed by atoms with Gasteiger partial charge in [0.25, 0.3) is 5.91 Å². The highest BCUT2D eigenvalue weighted by Gasteiger charge is 2.22. The van der Waals surface area contributed by atoms with Gasteiger partial charge in [-0.15, -0.1) is 5.10 Å². The number of nitrogens with zero attached hydrogens (tertiary/aromatic N) is 4. The second-order valence-electron chi connectivity index (χ2n) is 6.90. The summed E-state index contributed by atoms with van der Waals surface area (Å²) in [5.74, 6) is 0.317. The van der Waals surface area contributed by atoms with Crippen molar-refractivity contribution in [3.05, 3.63) is 60.0 Å². The molecule has 1 amide bonds. The maximum Gasteiger partial charge on any atom is 0.274 e. The predicted molar refractivity (Wildman–Crippen MR) is 106 cm³/mol. The Morgan fingerprint density at radius 1 is 1.19 bits per heavy atom. The van der Waals surface area contributed by atoms with Crippen LogP contribution in [0.2, 0.25) is 0 Å². The molecule has 0 fully saturated rings. The molecule has 2 aromatic heterocycles. The van der Waals surface area contributed by atoms with Gasteiger partial charge in [-0.25, -0.2) is 4.68 Å². The first-order valence-corrected chi connectivity index (χ1v) is 9.33. The smallest absolute Gasteiger partial charge is 0.274 e. The van der Waals surface area contributed by atoms with Crippen LogP contribution >= 0.6 is 0 Å². The Morgan fingerprint density at radius 2 is 1.96 bits per heavy atom. The van der Waals surface area contributed by atoms with Crippen LogP contribution in [0, 0.1) is 5.92 Å². The zero-order valence-corrected chi connectivity index (χ0v) is 16.0. The first kappa shape index (κ1) is 18.8. The molecule has 0 spiro atoms. The van der Waals surface area contributed by atoms with Crippen molar-refractivity contribution in [1.82, 2.24) is 25.3 Å². The minimum Gasteiger partial charge on any atom is -0.351 e. The molecule has 0 saturated heterocycles. The van der Waals surface area contributed by atoms with E-state index in [1.807, 2.05) is 24.3 Å². The fourth-order valence-electron chi connectivity index (χ4n) is 2.85. The lowest BCUT2D eigenvalue weighted by atomic mass is 10.1. The number of aromatic nitrogens is 4. The summed E-state index contributed by atoms with van der Waals surface area (Å²) < 4.78 is 1.73. The quantitative estimate of drug-likeness (QED) is 0.695. The van der Waals surface area contributed by atoms with Gasteiger partial charge >= 0.3 is 0 Å². The van der Waals surface area contributed by atoms with Gasteiger partial charge in [-0.2, -0.15) is 0 Å². The molecule has 2 heterocycles. The van der Waals surface area contributed by atoms with Crippen molar-refractivity contribution < 1.29 is 4.79 Å². The molecule has 1 aromatic carbocycles. The summed E-state index contributed by atoms with van der Waals surface area (Å²) in [6.07, 6.45) is 5.25. The fourth-order valence-corrected chi connectivity index (χ4v) is 2.85. The number of aryl methyl sites for hydroxylation is 1. The van der Waals surface area contributed by atoms with Crippen LogP contribution in [0.15, 0.2) is 48.8 Å². The van der Waals surface area contributed by atoms with Gasteiger partial charge < -0.3 is 5.32 Å². The Labute approximate surface area is 159 Å². The molecule has 140 valence electrons. The van der Waals surface area contributed by atoms with Gasteiger partial charge in [0.15, 0.2) is 5.69 Å². The molecule has 0 aliphatic heterocycles. The van der Waals surface area contributed by atoms with Gasteiger partial charge in [0.2, 0.25) is 0 Å². The van der Waals surface area contributed by atoms with E-state index >= 15 is 0 Å². The average Bonchev–Trinajstić information content (AvgIpc) is 3.13. The summed E-state index contributed by atoms with van der Waals surface area (Å²) in [5.41, 5.74) is 3.94. The number of amides is 1. The van der Waals surface area contributed by atoms with E-state index in [-0.39, 0.29) is 5.91 Å². The molecule has 0 atom stereocenters. The van der Waals surface area contributed by atoms with Crippen LogP contribution in [-0.2, 0) is 6.42 Å². The molecule has 1 N–H and O–H groups in total. The maximum absolute atomic E-state index is 12.7. The predicted octanol–water partition coefficient (Wildman–Crippen LogP) is 3.67. The van der Waals surface area contributed by atoms with Crippen molar-refractivity contribution in [1.29, 1.82) is 0 Å². The molecular formula is C21H25N5O. The summed E-state index contributed by atoms with van der Waals surface area (Å²) in [5, 5.41) is 11.4. The highest BCUT2D eigenvalue weighted by atomic mass is 16.2. The van der Waals surface area contributed by atoms with Crippen LogP contribution in [0.5, 0.6) is 0 Å². The molecule has 0 radical (unpaired) electrons. The van der Waals surface area contributed by atoms with Crippen LogP contribution in [-0.4, -0.2) is 32.4 Å². The number of pyridine rings is 1. The number of nitrogens with one attached hydrogen (secondary N) is 1. The number of carbonyl (C=O) groups is 1. The van der Waals surface area contributed by atoms with Crippen LogP contribution in [0.1, 0.15) is 43.2 Å². The van der Waals surface area contributed by atoms with E-state index in [0.29, 0.717) is 23.9 Å². The molecule has 0 bridgehead atoms. The SMILES string of the molecule is CCc1cccc(-n2nnc(C(=O)NCCC(C)C)c2-c2ccncc2)c1. The first-order chi connectivity index (χ1) is 13.1. The molecule has 0 aliphatic rings. The summed E-state index contributed by atoms with van der Waals surface area (Å²) in [4.78, 5) is 16.8. The number of hydrogen-bond donors (Lipinski definition) is 1. The van der Waals surface area contributed by atoms with E-state index in [2.05, 4.69) is 53.5 Å². The van der Waals surface area contributed by atoms with Gasteiger partial charge in [0.1, 0.15) is 5.69 Å². The van der Waals surface area contributed by atoms with E-state index in [4.69, 9.17) is 0 Å². The van der Waals surface area contributed by atoms with Crippen LogP contribution < -0.4 is 5.32 Å². The van der Waals surface area contributed by atoms with Crippen molar-refractivity contribution >= 4 is 5.91 Å². The topological polar surface area (TPSA) is 72.7 Å². The number of benzene rings is 1. The molecule has 0 aliphatic carbocycles. The molecule has 27 heavy (non-hydrogen) atoms. The van der Waals surface area contributed by atoms with Gasteiger partial charge in [-0.3, -0.25) is 9.78 Å². The van der Waals surface area contributed by atoms with E-state index in [1.165, 1.54) is 5.56 Å². The molecule has 0 unspecified atom stereocenters. The maximum atomic E-state index is 12.7. The zero-order chi connectivity index (χ0) is 19.2. The van der Waals surface area contributed by atoms with Crippen molar-refractivity contribution in [3.8, 4) is 16.9 Å². The Kier molecular flexibility index (Phi) is 5.96. The van der Waals surface area contributed by atoms with Crippen molar-refractivity contribution in [2.45, 2.75) is 33.6 Å². The number of rotatable bonds is 7. The molecule has 3 rings (SSSR count). The largest absolute Gasteiger partial charge is 0.351 e. The summed E-state index contributed by atoms with van der Waals surface area (Å²) in [7, 11) is 0. The monoisotopic (exact) mass is 363 g/mol. The Balaban J connectivity index is 2.02. The van der Waals surface area contributed by atoms with Crippen molar-refractivity contribution in [2.75, 3.05) is 6.54 Å². The third-order valence-corrected chi connectivity index (χ3v) is 4.41. The third kappa shape index (κ3) is 4.39. The standard InChI is InChI=1S/C21H25N5O/c1-4-16-6-5-7-18(14-16)26-20(17-9-11-22-12-10-17)19(24-25-26)21(27)23-13-8-15(2)3/h5-7,9-12,14-15H,4,8,13H2,1-3H3,(H,23,27). The molecular weight excluding hydrogens is 338 g/mol. The normalized spacial score (nSPS) is 11.0. The molecule has 0 saturated carbocycles. The Morgan fingerprint density at radius 3 is 2.67 bits per heavy atom. The third-order valence-electron chi connectivity index (χ3n) is 4.41. The Bertz CT molecular complexity index is 902. The number of hydrogen-bond acceptors (Lipinski definition) is 4. The van der Waals surface area contributed by atoms with Gasteiger partial charge in [-0.05, 0) is 48.6 Å². The van der Waals surface area contributed by atoms with Gasteiger partial charge in [-0.1, -0.05) is 38.1 Å². The van der Waals surface area contributed by atoms with Crippen molar-refractivity contribution in [2.24, 2.45) is 5.92 Å². The number of carbonyl (C=O) groups excluding carboxylic acids is 1. The lowest BCUT2D eigenvalue weighted by molar-refractivity contribution is 0.0947.